The molecule has 0 bridgehead atoms. The van der Waals surface area contributed by atoms with E-state index in [-0.39, 0.29) is 24.2 Å². The Bertz CT molecular complexity index is 822. The molecule has 0 spiro atoms. The maximum Gasteiger partial charge on any atom is 0.534 e. The predicted molar refractivity (Wildman–Crippen MR) is 83.7 cm³/mol. The summed E-state index contributed by atoms with van der Waals surface area (Å²) < 4.78 is 70.4. The summed E-state index contributed by atoms with van der Waals surface area (Å²) in [5, 5.41) is 0. The Kier molecular flexibility index (Phi) is 4.91. The van der Waals surface area contributed by atoms with E-state index in [0.29, 0.717) is 5.56 Å². The second-order valence-electron chi connectivity index (χ2n) is 6.12. The molecule has 0 aliphatic heterocycles. The zero-order valence-electron chi connectivity index (χ0n) is 13.8. The monoisotopic (exact) mass is 378 g/mol. The van der Waals surface area contributed by atoms with Crippen molar-refractivity contribution in [3.63, 3.8) is 0 Å². The molecule has 1 aromatic carbocycles. The average molecular weight is 378 g/mol. The van der Waals surface area contributed by atoms with Gasteiger partial charge in [-0.15, -0.1) is 0 Å². The van der Waals surface area contributed by atoms with Crippen molar-refractivity contribution in [2.75, 3.05) is 6.61 Å². The SMILES string of the molecule is CCOC(=O)C1=C(OS(=O)(=O)C(F)(F)F)c2ccccc2C(C)(C)C1. The van der Waals surface area contributed by atoms with Gasteiger partial charge in [-0.05, 0) is 24.3 Å². The summed E-state index contributed by atoms with van der Waals surface area (Å²) in [7, 11) is -5.92. The predicted octanol–water partition coefficient (Wildman–Crippen LogP) is 3.51. The normalized spacial score (nSPS) is 17.0. The Balaban J connectivity index is 2.69. The van der Waals surface area contributed by atoms with Gasteiger partial charge in [0.05, 0.1) is 12.2 Å². The fraction of sp³-hybridized carbons (Fsp3) is 0.438. The van der Waals surface area contributed by atoms with Crippen LogP contribution in [0.1, 0.15) is 38.3 Å². The lowest BCUT2D eigenvalue weighted by molar-refractivity contribution is -0.138. The molecule has 0 fully saturated rings. The van der Waals surface area contributed by atoms with Crippen molar-refractivity contribution in [3.8, 4) is 0 Å². The number of benzene rings is 1. The van der Waals surface area contributed by atoms with Gasteiger partial charge in [-0.25, -0.2) is 4.79 Å². The van der Waals surface area contributed by atoms with Crippen molar-refractivity contribution in [2.45, 2.75) is 38.1 Å². The first-order chi connectivity index (χ1) is 11.4. The quantitative estimate of drug-likeness (QED) is 0.456. The van der Waals surface area contributed by atoms with Gasteiger partial charge in [0.15, 0.2) is 5.76 Å². The summed E-state index contributed by atoms with van der Waals surface area (Å²) in [5.41, 5.74) is -5.77. The maximum absolute atomic E-state index is 12.7. The molecule has 5 nitrogen and oxygen atoms in total. The van der Waals surface area contributed by atoms with Crippen LogP contribution in [-0.2, 0) is 29.2 Å². The third kappa shape index (κ3) is 3.65. The van der Waals surface area contributed by atoms with Gasteiger partial charge in [0.2, 0.25) is 0 Å². The minimum Gasteiger partial charge on any atom is -0.463 e. The van der Waals surface area contributed by atoms with E-state index in [1.54, 1.807) is 26.0 Å². The Labute approximate surface area is 143 Å². The summed E-state index contributed by atoms with van der Waals surface area (Å²) in [6, 6.07) is 6.26. The first-order valence-corrected chi connectivity index (χ1v) is 8.82. The number of alkyl halides is 3. The molecular formula is C16H17F3O5S. The van der Waals surface area contributed by atoms with Crippen LogP contribution in [0.3, 0.4) is 0 Å². The molecule has 138 valence electrons. The number of fused-ring (bicyclic) bond motifs is 1. The van der Waals surface area contributed by atoms with Gasteiger partial charge in [0, 0.05) is 5.56 Å². The Morgan fingerprint density at radius 2 is 1.84 bits per heavy atom. The molecule has 1 aliphatic carbocycles. The lowest BCUT2D eigenvalue weighted by Crippen LogP contribution is -2.31. The van der Waals surface area contributed by atoms with E-state index in [1.807, 2.05) is 0 Å². The molecule has 0 saturated heterocycles. The lowest BCUT2D eigenvalue weighted by atomic mass is 9.72. The average Bonchev–Trinajstić information content (AvgIpc) is 2.49. The fourth-order valence-corrected chi connectivity index (χ4v) is 3.19. The third-order valence-corrected chi connectivity index (χ3v) is 4.74. The minimum absolute atomic E-state index is 0.0102. The molecule has 0 unspecified atom stereocenters. The Morgan fingerprint density at radius 1 is 1.24 bits per heavy atom. The van der Waals surface area contributed by atoms with Crippen LogP contribution in [0.15, 0.2) is 29.8 Å². The standard InChI is InChI=1S/C16H17F3O5S/c1-4-23-14(20)11-9-15(2,3)12-8-6-5-7-10(12)13(11)24-25(21,22)16(17,18)19/h5-8H,4,9H2,1-3H3. The number of ether oxygens (including phenoxy) is 1. The van der Waals surface area contributed by atoms with E-state index < -0.39 is 32.8 Å². The zero-order valence-corrected chi connectivity index (χ0v) is 14.6. The number of carbonyl (C=O) groups is 1. The topological polar surface area (TPSA) is 69.7 Å². The molecular weight excluding hydrogens is 361 g/mol. The van der Waals surface area contributed by atoms with Crippen molar-refractivity contribution in [1.82, 2.24) is 0 Å². The van der Waals surface area contributed by atoms with Gasteiger partial charge in [0.25, 0.3) is 0 Å². The van der Waals surface area contributed by atoms with Gasteiger partial charge in [-0.1, -0.05) is 38.1 Å². The van der Waals surface area contributed by atoms with Gasteiger partial charge in [0.1, 0.15) is 0 Å². The maximum atomic E-state index is 12.7. The summed E-state index contributed by atoms with van der Waals surface area (Å²) in [6.07, 6.45) is -0.0223. The van der Waals surface area contributed by atoms with Crippen LogP contribution in [0.4, 0.5) is 13.2 Å². The number of halogens is 3. The van der Waals surface area contributed by atoms with Crippen LogP contribution in [-0.4, -0.2) is 26.5 Å². The smallest absolute Gasteiger partial charge is 0.463 e. The molecule has 2 rings (SSSR count). The molecule has 9 heteroatoms. The van der Waals surface area contributed by atoms with E-state index in [2.05, 4.69) is 4.18 Å². The zero-order chi connectivity index (χ0) is 19.0. The number of rotatable bonds is 4. The molecule has 0 radical (unpaired) electrons. The molecule has 0 heterocycles. The van der Waals surface area contributed by atoms with Crippen molar-refractivity contribution in [2.24, 2.45) is 0 Å². The summed E-state index contributed by atoms with van der Waals surface area (Å²) in [5.74, 6) is -1.54. The molecule has 25 heavy (non-hydrogen) atoms. The van der Waals surface area contributed by atoms with E-state index in [0.717, 1.165) is 0 Å². The fourth-order valence-electron chi connectivity index (χ4n) is 2.69. The van der Waals surface area contributed by atoms with Gasteiger partial charge in [-0.2, -0.15) is 21.6 Å². The largest absolute Gasteiger partial charge is 0.534 e. The Hall–Kier alpha value is -2.03. The van der Waals surface area contributed by atoms with Gasteiger partial charge in [-0.3, -0.25) is 0 Å². The third-order valence-electron chi connectivity index (χ3n) is 3.79. The van der Waals surface area contributed by atoms with E-state index in [9.17, 15) is 26.4 Å². The second-order valence-corrected chi connectivity index (χ2v) is 7.66. The van der Waals surface area contributed by atoms with E-state index >= 15 is 0 Å². The Morgan fingerprint density at radius 3 is 2.40 bits per heavy atom. The molecule has 1 aromatic rings. The lowest BCUT2D eigenvalue weighted by Gasteiger charge is -2.34. The molecule has 1 aliphatic rings. The molecule has 0 aromatic heterocycles. The van der Waals surface area contributed by atoms with Crippen molar-refractivity contribution >= 4 is 21.8 Å². The highest BCUT2D eigenvalue weighted by atomic mass is 32.2. The molecule has 0 amide bonds. The number of esters is 1. The first kappa shape index (κ1) is 19.3. The van der Waals surface area contributed by atoms with Crippen molar-refractivity contribution in [3.05, 3.63) is 41.0 Å². The van der Waals surface area contributed by atoms with Crippen molar-refractivity contribution < 1.29 is 35.3 Å². The molecule has 0 atom stereocenters. The summed E-state index contributed by atoms with van der Waals surface area (Å²) >= 11 is 0. The van der Waals surface area contributed by atoms with Crippen LogP contribution in [0, 0.1) is 0 Å². The number of hydrogen-bond acceptors (Lipinski definition) is 5. The van der Waals surface area contributed by atoms with Crippen LogP contribution in [0.2, 0.25) is 0 Å². The van der Waals surface area contributed by atoms with Crippen LogP contribution >= 0.6 is 0 Å². The first-order valence-electron chi connectivity index (χ1n) is 7.41. The van der Waals surface area contributed by atoms with Crippen LogP contribution < -0.4 is 0 Å². The second kappa shape index (κ2) is 6.36. The summed E-state index contributed by atoms with van der Waals surface area (Å²) in [6.45, 7) is 5.11. The highest BCUT2D eigenvalue weighted by Crippen LogP contribution is 2.44. The van der Waals surface area contributed by atoms with Gasteiger partial charge >= 0.3 is 21.6 Å². The number of hydrogen-bond donors (Lipinski definition) is 0. The summed E-state index contributed by atoms with van der Waals surface area (Å²) in [4.78, 5) is 12.2. The van der Waals surface area contributed by atoms with E-state index in [1.165, 1.54) is 19.1 Å². The molecule has 0 saturated carbocycles. The van der Waals surface area contributed by atoms with Crippen molar-refractivity contribution in [1.29, 1.82) is 0 Å². The van der Waals surface area contributed by atoms with Gasteiger partial charge < -0.3 is 8.92 Å². The van der Waals surface area contributed by atoms with Crippen LogP contribution in [0.5, 0.6) is 0 Å². The highest BCUT2D eigenvalue weighted by Gasteiger charge is 2.50. The van der Waals surface area contributed by atoms with E-state index in [4.69, 9.17) is 4.74 Å². The molecule has 0 N–H and O–H groups in total. The highest BCUT2D eigenvalue weighted by molar-refractivity contribution is 7.87. The number of carbonyl (C=O) groups excluding carboxylic acids is 1. The minimum atomic E-state index is -5.92. The van der Waals surface area contributed by atoms with Crippen LogP contribution in [0.25, 0.3) is 5.76 Å².